The summed E-state index contributed by atoms with van der Waals surface area (Å²) in [5.41, 5.74) is -0.770. The molecule has 1 aromatic carbocycles. The zero-order chi connectivity index (χ0) is 51.6. The number of methoxy groups -OCH3 is 2. The molecule has 18 heteroatoms. The number of likely N-dealkylation sites (N-methyl/N-ethyl adjacent to an activating group) is 1. The molecule has 0 radical (unpaired) electrons. The molecule has 70 heavy (non-hydrogen) atoms. The van der Waals surface area contributed by atoms with Gasteiger partial charge < -0.3 is 77.8 Å². The van der Waals surface area contributed by atoms with Crippen molar-refractivity contribution < 1.29 is 82.5 Å². The number of hydrogen-bond donors (Lipinski definition) is 5. The molecule has 21 atom stereocenters. The summed E-state index contributed by atoms with van der Waals surface area (Å²) in [6.45, 7) is 14.2. The Morgan fingerprint density at radius 1 is 0.814 bits per heavy atom. The Hall–Kier alpha value is -2.92. The van der Waals surface area contributed by atoms with E-state index in [-0.39, 0.29) is 31.8 Å². The maximum absolute atomic E-state index is 14.1. The van der Waals surface area contributed by atoms with Crippen molar-refractivity contribution in [2.75, 3.05) is 41.5 Å². The van der Waals surface area contributed by atoms with E-state index in [0.29, 0.717) is 24.2 Å². The first-order chi connectivity index (χ1) is 33.1. The molecule has 398 valence electrons. The maximum atomic E-state index is 14.1. The van der Waals surface area contributed by atoms with Crippen LogP contribution in [0, 0.1) is 23.7 Å². The normalized spacial score (nSPS) is 43.0. The van der Waals surface area contributed by atoms with Gasteiger partial charge in [0.15, 0.2) is 24.7 Å². The third-order valence-electron chi connectivity index (χ3n) is 14.5. The van der Waals surface area contributed by atoms with Gasteiger partial charge in [0, 0.05) is 38.4 Å². The molecule has 1 aromatic rings. The quantitative estimate of drug-likeness (QED) is 0.158. The highest BCUT2D eigenvalue weighted by molar-refractivity contribution is 5.91. The van der Waals surface area contributed by atoms with Crippen LogP contribution in [0.15, 0.2) is 54.1 Å². The number of cyclic esters (lactones) is 1. The van der Waals surface area contributed by atoms with E-state index in [4.69, 9.17) is 47.4 Å². The van der Waals surface area contributed by atoms with Gasteiger partial charge in [0.1, 0.15) is 48.5 Å². The summed E-state index contributed by atoms with van der Waals surface area (Å²) in [4.78, 5) is 29.9. The third-order valence-corrected chi connectivity index (χ3v) is 14.5. The number of aliphatic hydroxyl groups is 5. The van der Waals surface area contributed by atoms with Gasteiger partial charge >= 0.3 is 5.97 Å². The van der Waals surface area contributed by atoms with Gasteiger partial charge in [-0.15, -0.1) is 0 Å². The van der Waals surface area contributed by atoms with Gasteiger partial charge in [-0.25, -0.2) is 0 Å². The SMILES string of the molecule is CC[C@H]1OC(=O)C[C@@H](O)[C@H](C)[C@@H](O[C@@H]2O[C@H](C)[C@H](O[C@H]3C[C@@](C)(O)[C@@H](O)[C@H](C)O3)[C@H](N(C)C)[C@H]2O)[C@@H](CCOc2ccccc2)C[C@@H](C)C(=O)/C=C/C(C)=C/[C@@H]1COC1O[C@H](C)[C@@H](O)[C@@H](OC)[C@H]1OC. The molecule has 5 rings (SSSR count). The first kappa shape index (κ1) is 58.0. The van der Waals surface area contributed by atoms with Crippen LogP contribution in [0.4, 0.5) is 0 Å². The van der Waals surface area contributed by atoms with Crippen LogP contribution in [0.2, 0.25) is 0 Å². The zero-order valence-corrected chi connectivity index (χ0v) is 43.2. The third kappa shape index (κ3) is 14.9. The molecule has 3 fully saturated rings. The summed E-state index contributed by atoms with van der Waals surface area (Å²) < 4.78 is 61.7. The summed E-state index contributed by atoms with van der Waals surface area (Å²) in [6.07, 6.45) is -8.10. The molecule has 0 amide bonds. The Labute approximate surface area is 414 Å². The number of rotatable bonds is 15. The molecule has 5 N–H and O–H groups in total. The molecule has 3 saturated heterocycles. The zero-order valence-electron chi connectivity index (χ0n) is 43.2. The number of ketones is 1. The molecule has 4 aliphatic rings. The minimum Gasteiger partial charge on any atom is -0.494 e. The van der Waals surface area contributed by atoms with Crippen molar-refractivity contribution in [3.8, 4) is 5.75 Å². The first-order valence-electron chi connectivity index (χ1n) is 24.9. The smallest absolute Gasteiger partial charge is 0.308 e. The van der Waals surface area contributed by atoms with Crippen molar-refractivity contribution in [1.82, 2.24) is 4.90 Å². The van der Waals surface area contributed by atoms with Crippen molar-refractivity contribution in [2.24, 2.45) is 23.7 Å². The second-order valence-electron chi connectivity index (χ2n) is 20.3. The van der Waals surface area contributed by atoms with E-state index in [1.54, 1.807) is 52.8 Å². The van der Waals surface area contributed by atoms with Crippen LogP contribution < -0.4 is 4.74 Å². The average molecular weight is 994 g/mol. The number of nitrogens with zero attached hydrogens (tertiary/aromatic N) is 1. The highest BCUT2D eigenvalue weighted by atomic mass is 16.7. The van der Waals surface area contributed by atoms with Gasteiger partial charge in [-0.3, -0.25) is 9.59 Å². The van der Waals surface area contributed by atoms with E-state index in [1.807, 2.05) is 57.2 Å². The number of benzene rings is 1. The highest BCUT2D eigenvalue weighted by Crippen LogP contribution is 2.38. The number of esters is 1. The minimum absolute atomic E-state index is 0.00537. The van der Waals surface area contributed by atoms with E-state index in [9.17, 15) is 35.1 Å². The molecule has 0 aliphatic carbocycles. The topological polar surface area (TPSA) is 231 Å². The van der Waals surface area contributed by atoms with E-state index in [1.165, 1.54) is 27.2 Å². The molecule has 0 spiro atoms. The molecular formula is C52H83NO17. The number of ether oxygens (including phenoxy) is 10. The van der Waals surface area contributed by atoms with Crippen LogP contribution in [-0.2, 0) is 52.2 Å². The summed E-state index contributed by atoms with van der Waals surface area (Å²) >= 11 is 0. The molecule has 1 unspecified atom stereocenters. The van der Waals surface area contributed by atoms with Crippen molar-refractivity contribution in [3.63, 3.8) is 0 Å². The average Bonchev–Trinajstić information content (AvgIpc) is 3.31. The standard InChI is InChI=1S/C52H83NO17/c1-13-39-35(27-64-51-48(62-12)47(61-11)43(57)31(5)66-51)23-28(2)19-20-37(54)29(3)24-34(21-22-63-36-17-15-14-16-18-36)45(30(4)38(55)25-40(56)68-39)70-50-44(58)42(53(9)10)46(32(6)67-50)69-41-26-52(8,60)49(59)33(7)65-41/h14-20,23,29-35,38-39,41-51,55,57-60H,13,21-22,24-27H2,1-12H3/b20-19+,28-23+/t29-,30+,31-,32-,33+,34+,35-,38-,39-,41+,42-,43-,44-,45-,46+,47-,48-,49+,50+,51?,52-/m1/s1. The number of carbonyl (C=O) groups excluding carboxylic acids is 2. The maximum Gasteiger partial charge on any atom is 0.308 e. The summed E-state index contributed by atoms with van der Waals surface area (Å²) in [7, 11) is 6.53. The lowest BCUT2D eigenvalue weighted by Crippen LogP contribution is -2.65. The van der Waals surface area contributed by atoms with Gasteiger partial charge in [0.25, 0.3) is 0 Å². The second-order valence-corrected chi connectivity index (χ2v) is 20.3. The Balaban J connectivity index is 1.45. The Morgan fingerprint density at radius 2 is 1.49 bits per heavy atom. The molecular weight excluding hydrogens is 911 g/mol. The fourth-order valence-corrected chi connectivity index (χ4v) is 10.3. The fourth-order valence-electron chi connectivity index (χ4n) is 10.3. The molecule has 18 nitrogen and oxygen atoms in total. The summed E-state index contributed by atoms with van der Waals surface area (Å²) in [6, 6.07) is 8.58. The van der Waals surface area contributed by atoms with Gasteiger partial charge in [-0.05, 0) is 92.1 Å². The Bertz CT molecular complexity index is 1830. The van der Waals surface area contributed by atoms with E-state index < -0.39 is 140 Å². The predicted octanol–water partition coefficient (Wildman–Crippen LogP) is 3.71. The lowest BCUT2D eigenvalue weighted by Gasteiger charge is -2.50. The van der Waals surface area contributed by atoms with Crippen molar-refractivity contribution >= 4 is 11.8 Å². The van der Waals surface area contributed by atoms with Crippen LogP contribution >= 0.6 is 0 Å². The minimum atomic E-state index is -1.49. The molecule has 0 aromatic heterocycles. The molecule has 0 bridgehead atoms. The number of aliphatic hydroxyl groups excluding tert-OH is 4. The first-order valence-corrected chi connectivity index (χ1v) is 24.9. The Kier molecular flexibility index (Phi) is 21.8. The molecule has 0 saturated carbocycles. The number of para-hydroxylation sites is 1. The van der Waals surface area contributed by atoms with Gasteiger partial charge in [-0.1, -0.05) is 56.7 Å². The van der Waals surface area contributed by atoms with Crippen LogP contribution in [0.3, 0.4) is 0 Å². The van der Waals surface area contributed by atoms with E-state index >= 15 is 0 Å². The van der Waals surface area contributed by atoms with E-state index in [0.717, 1.165) is 0 Å². The predicted molar refractivity (Wildman–Crippen MR) is 256 cm³/mol. The van der Waals surface area contributed by atoms with Gasteiger partial charge in [0.05, 0.1) is 61.8 Å². The second kappa shape index (κ2) is 26.3. The van der Waals surface area contributed by atoms with Gasteiger partial charge in [0.2, 0.25) is 0 Å². The van der Waals surface area contributed by atoms with Crippen LogP contribution in [-0.4, -0.2) is 187 Å². The molecule has 4 aliphatic heterocycles. The van der Waals surface area contributed by atoms with Crippen molar-refractivity contribution in [3.05, 3.63) is 54.1 Å². The van der Waals surface area contributed by atoms with Crippen LogP contribution in [0.5, 0.6) is 5.75 Å². The van der Waals surface area contributed by atoms with Crippen molar-refractivity contribution in [2.45, 2.75) is 191 Å². The number of hydrogen-bond acceptors (Lipinski definition) is 18. The van der Waals surface area contributed by atoms with Gasteiger partial charge in [-0.2, -0.15) is 0 Å². The van der Waals surface area contributed by atoms with Crippen LogP contribution in [0.1, 0.15) is 87.5 Å². The highest BCUT2D eigenvalue weighted by Gasteiger charge is 2.52. The van der Waals surface area contributed by atoms with E-state index in [2.05, 4.69) is 0 Å². The summed E-state index contributed by atoms with van der Waals surface area (Å²) in [5, 5.41) is 56.6. The largest absolute Gasteiger partial charge is 0.494 e. The number of allylic oxidation sites excluding steroid dienone is 3. The Morgan fingerprint density at radius 3 is 2.11 bits per heavy atom. The molecule has 4 heterocycles. The number of carbonyl (C=O) groups is 2. The fraction of sp³-hybridized carbons (Fsp3) is 0.769. The summed E-state index contributed by atoms with van der Waals surface area (Å²) in [5.74, 6) is -2.50. The monoisotopic (exact) mass is 994 g/mol. The van der Waals surface area contributed by atoms with Crippen molar-refractivity contribution in [1.29, 1.82) is 0 Å². The lowest BCUT2D eigenvalue weighted by molar-refractivity contribution is -0.342. The van der Waals surface area contributed by atoms with Crippen LogP contribution in [0.25, 0.3) is 0 Å². The lowest BCUT2D eigenvalue weighted by atomic mass is 9.79.